The Morgan fingerprint density at radius 3 is 2.54 bits per heavy atom. The number of aromatic nitrogens is 2. The van der Waals surface area contributed by atoms with E-state index >= 15 is 0 Å². The third-order valence-electron chi connectivity index (χ3n) is 3.64. The highest BCUT2D eigenvalue weighted by Gasteiger charge is 2.15. The number of hydrogen-bond acceptors (Lipinski definition) is 5. The second kappa shape index (κ2) is 6.50. The molecule has 4 aromatic rings. The van der Waals surface area contributed by atoms with Gasteiger partial charge in [0.25, 0.3) is 0 Å². The van der Waals surface area contributed by atoms with Gasteiger partial charge in [0.1, 0.15) is 10.5 Å². The van der Waals surface area contributed by atoms with E-state index in [9.17, 15) is 8.78 Å². The Balaban J connectivity index is 1.80. The summed E-state index contributed by atoms with van der Waals surface area (Å²) in [6.45, 7) is 0. The third kappa shape index (κ3) is 2.98. The van der Waals surface area contributed by atoms with Crippen molar-refractivity contribution in [2.45, 2.75) is 0 Å². The number of ether oxygens (including phenoxy) is 1. The lowest BCUT2D eigenvalue weighted by Crippen LogP contribution is -1.96. The van der Waals surface area contributed by atoms with Gasteiger partial charge >= 0.3 is 0 Å². The van der Waals surface area contributed by atoms with Crippen LogP contribution in [-0.4, -0.2) is 9.97 Å². The van der Waals surface area contributed by atoms with Crippen LogP contribution in [0.2, 0.25) is 0 Å². The average Bonchev–Trinajstić information content (AvgIpc) is 3.13. The lowest BCUT2D eigenvalue weighted by atomic mass is 10.2. The van der Waals surface area contributed by atoms with Crippen molar-refractivity contribution in [2.75, 3.05) is 0 Å². The van der Waals surface area contributed by atoms with E-state index in [-0.39, 0.29) is 23.0 Å². The summed E-state index contributed by atoms with van der Waals surface area (Å²) in [5.41, 5.74) is 1.46. The first-order valence-corrected chi connectivity index (χ1v) is 8.41. The lowest BCUT2D eigenvalue weighted by Gasteiger charge is -2.09. The number of nitriles is 1. The fourth-order valence-electron chi connectivity index (χ4n) is 2.39. The maximum Gasteiger partial charge on any atom is 0.241 e. The zero-order chi connectivity index (χ0) is 18.1. The molecule has 7 heteroatoms. The molecule has 4 nitrogen and oxygen atoms in total. The molecular weight excluding hydrogens is 356 g/mol. The SMILES string of the molecule is N#Cc1ccc(Oc2nc(-c3ccc(F)cc3)nc3ccsc23)c(F)c1. The van der Waals surface area contributed by atoms with Gasteiger partial charge in [-0.1, -0.05) is 0 Å². The van der Waals surface area contributed by atoms with E-state index in [0.29, 0.717) is 21.6 Å². The van der Waals surface area contributed by atoms with Crippen LogP contribution < -0.4 is 4.74 Å². The molecule has 0 N–H and O–H groups in total. The van der Waals surface area contributed by atoms with Crippen LogP contribution in [-0.2, 0) is 0 Å². The van der Waals surface area contributed by atoms with Crippen LogP contribution in [0, 0.1) is 23.0 Å². The molecule has 0 amide bonds. The monoisotopic (exact) mass is 365 g/mol. The molecule has 0 aliphatic heterocycles. The molecule has 0 radical (unpaired) electrons. The van der Waals surface area contributed by atoms with Crippen LogP contribution in [0.3, 0.4) is 0 Å². The van der Waals surface area contributed by atoms with Gasteiger partial charge in [-0.2, -0.15) is 10.2 Å². The predicted octanol–water partition coefficient (Wildman–Crippen LogP) is 5.30. The topological polar surface area (TPSA) is 58.8 Å². The van der Waals surface area contributed by atoms with E-state index in [1.165, 1.54) is 35.6 Å². The fourth-order valence-corrected chi connectivity index (χ4v) is 3.15. The predicted molar refractivity (Wildman–Crippen MR) is 94.0 cm³/mol. The van der Waals surface area contributed by atoms with Crippen LogP contribution >= 0.6 is 11.3 Å². The first-order valence-electron chi connectivity index (χ1n) is 7.53. The van der Waals surface area contributed by atoms with Gasteiger partial charge in [-0.3, -0.25) is 0 Å². The van der Waals surface area contributed by atoms with Crippen molar-refractivity contribution in [3.8, 4) is 29.1 Å². The molecule has 0 unspecified atom stereocenters. The van der Waals surface area contributed by atoms with E-state index in [4.69, 9.17) is 10.00 Å². The Bertz CT molecular complexity index is 1150. The molecule has 0 atom stereocenters. The minimum atomic E-state index is -0.657. The van der Waals surface area contributed by atoms with Crippen LogP contribution in [0.25, 0.3) is 21.6 Å². The van der Waals surface area contributed by atoms with Crippen molar-refractivity contribution < 1.29 is 13.5 Å². The summed E-state index contributed by atoms with van der Waals surface area (Å²) >= 11 is 1.37. The normalized spacial score (nSPS) is 10.7. The Morgan fingerprint density at radius 1 is 1.00 bits per heavy atom. The molecule has 126 valence electrons. The molecule has 2 aromatic heterocycles. The largest absolute Gasteiger partial charge is 0.434 e. The summed E-state index contributed by atoms with van der Waals surface area (Å²) in [4.78, 5) is 8.82. The Morgan fingerprint density at radius 2 is 1.81 bits per heavy atom. The van der Waals surface area contributed by atoms with Crippen molar-refractivity contribution in [1.82, 2.24) is 9.97 Å². The number of halogens is 2. The van der Waals surface area contributed by atoms with E-state index in [1.807, 2.05) is 11.4 Å². The van der Waals surface area contributed by atoms with Crippen molar-refractivity contribution >= 4 is 21.6 Å². The molecule has 0 saturated heterocycles. The van der Waals surface area contributed by atoms with Crippen LogP contribution in [0.1, 0.15) is 5.56 Å². The van der Waals surface area contributed by atoms with Crippen molar-refractivity contribution in [3.63, 3.8) is 0 Å². The highest BCUT2D eigenvalue weighted by Crippen LogP contribution is 2.34. The van der Waals surface area contributed by atoms with Gasteiger partial charge in [0.05, 0.1) is 17.1 Å². The van der Waals surface area contributed by atoms with Gasteiger partial charge in [-0.15, -0.1) is 11.3 Å². The highest BCUT2D eigenvalue weighted by molar-refractivity contribution is 7.17. The number of rotatable bonds is 3. The second-order valence-corrected chi connectivity index (χ2v) is 6.27. The number of hydrogen-bond donors (Lipinski definition) is 0. The van der Waals surface area contributed by atoms with E-state index in [1.54, 1.807) is 18.2 Å². The van der Waals surface area contributed by atoms with Crippen LogP contribution in [0.4, 0.5) is 8.78 Å². The van der Waals surface area contributed by atoms with E-state index in [0.717, 1.165) is 6.07 Å². The summed E-state index contributed by atoms with van der Waals surface area (Å²) in [7, 11) is 0. The third-order valence-corrected chi connectivity index (χ3v) is 4.53. The molecule has 2 heterocycles. The minimum Gasteiger partial charge on any atom is -0.434 e. The van der Waals surface area contributed by atoms with E-state index < -0.39 is 5.82 Å². The van der Waals surface area contributed by atoms with Gasteiger partial charge in [-0.25, -0.2) is 13.8 Å². The summed E-state index contributed by atoms with van der Waals surface area (Å²) in [6.07, 6.45) is 0. The van der Waals surface area contributed by atoms with Crippen molar-refractivity contribution in [3.05, 3.63) is 71.1 Å². The molecular formula is C19H9F2N3OS. The second-order valence-electron chi connectivity index (χ2n) is 5.35. The molecule has 2 aromatic carbocycles. The summed E-state index contributed by atoms with van der Waals surface area (Å²) < 4.78 is 33.6. The first-order chi connectivity index (χ1) is 12.6. The Hall–Kier alpha value is -3.37. The Labute approximate surface area is 151 Å². The zero-order valence-corrected chi connectivity index (χ0v) is 13.9. The molecule has 26 heavy (non-hydrogen) atoms. The Kier molecular flexibility index (Phi) is 4.03. The molecule has 0 bridgehead atoms. The molecule has 0 spiro atoms. The fraction of sp³-hybridized carbons (Fsp3) is 0. The van der Waals surface area contributed by atoms with E-state index in [2.05, 4.69) is 9.97 Å². The summed E-state index contributed by atoms with van der Waals surface area (Å²) in [6, 6.07) is 13.4. The smallest absolute Gasteiger partial charge is 0.241 e. The van der Waals surface area contributed by atoms with Gasteiger partial charge < -0.3 is 4.74 Å². The lowest BCUT2D eigenvalue weighted by molar-refractivity contribution is 0.432. The summed E-state index contributed by atoms with van der Waals surface area (Å²) in [5.74, 6) is -0.507. The van der Waals surface area contributed by atoms with Gasteiger partial charge in [-0.05, 0) is 53.9 Å². The van der Waals surface area contributed by atoms with Crippen molar-refractivity contribution in [1.29, 1.82) is 5.26 Å². The maximum atomic E-state index is 14.2. The van der Waals surface area contributed by atoms with Gasteiger partial charge in [0.15, 0.2) is 17.4 Å². The first kappa shape index (κ1) is 16.1. The van der Waals surface area contributed by atoms with Crippen molar-refractivity contribution in [2.24, 2.45) is 0 Å². The quantitative estimate of drug-likeness (QED) is 0.494. The zero-order valence-electron chi connectivity index (χ0n) is 13.1. The number of benzene rings is 2. The molecule has 0 aliphatic rings. The average molecular weight is 365 g/mol. The molecule has 0 aliphatic carbocycles. The minimum absolute atomic E-state index is 0.0394. The molecule has 0 saturated carbocycles. The van der Waals surface area contributed by atoms with Crippen LogP contribution in [0.15, 0.2) is 53.9 Å². The maximum absolute atomic E-state index is 14.2. The molecule has 4 rings (SSSR count). The standard InChI is InChI=1S/C19H9F2N3OS/c20-13-4-2-12(3-5-13)18-23-15-7-8-26-17(15)19(24-18)25-16-6-1-11(10-22)9-14(16)21/h1-9H. The number of thiophene rings is 1. The summed E-state index contributed by atoms with van der Waals surface area (Å²) in [5, 5.41) is 10.7. The molecule has 0 fully saturated rings. The van der Waals surface area contributed by atoms with Gasteiger partial charge in [0.2, 0.25) is 5.88 Å². The van der Waals surface area contributed by atoms with Crippen LogP contribution in [0.5, 0.6) is 11.6 Å². The number of fused-ring (bicyclic) bond motifs is 1. The number of nitrogens with zero attached hydrogens (tertiary/aromatic N) is 3. The van der Waals surface area contributed by atoms with Gasteiger partial charge in [0, 0.05) is 5.56 Å². The highest BCUT2D eigenvalue weighted by atomic mass is 32.1.